The number of hydrogen-bond donors (Lipinski definition) is 0. The number of halogens is 2. The summed E-state index contributed by atoms with van der Waals surface area (Å²) >= 11 is 0. The van der Waals surface area contributed by atoms with Crippen LogP contribution in [0.1, 0.15) is 15.9 Å². The highest BCUT2D eigenvalue weighted by atomic mass is 19.2. The van der Waals surface area contributed by atoms with E-state index in [2.05, 4.69) is 0 Å². The standard InChI is InChI=1S/C16H12F2O2/c1-20-13-4-2-3-12(10-13)16(19)8-6-11-5-7-14(17)15(18)9-11/h2-10H,1H3/b8-6+. The van der Waals surface area contributed by atoms with Crippen LogP contribution in [-0.4, -0.2) is 12.9 Å². The Labute approximate surface area is 115 Å². The van der Waals surface area contributed by atoms with Crippen molar-refractivity contribution in [2.24, 2.45) is 0 Å². The highest BCUT2D eigenvalue weighted by molar-refractivity contribution is 6.07. The van der Waals surface area contributed by atoms with E-state index in [1.54, 1.807) is 24.3 Å². The molecule has 2 aromatic carbocycles. The zero-order valence-electron chi connectivity index (χ0n) is 10.8. The summed E-state index contributed by atoms with van der Waals surface area (Å²) in [6.45, 7) is 0. The van der Waals surface area contributed by atoms with E-state index in [4.69, 9.17) is 4.74 Å². The Morgan fingerprint density at radius 1 is 1.10 bits per heavy atom. The van der Waals surface area contributed by atoms with Crippen LogP contribution in [0.3, 0.4) is 0 Å². The first-order chi connectivity index (χ1) is 9.60. The van der Waals surface area contributed by atoms with Gasteiger partial charge >= 0.3 is 0 Å². The fourth-order valence-electron chi connectivity index (χ4n) is 1.66. The number of allylic oxidation sites excluding steroid dienone is 1. The smallest absolute Gasteiger partial charge is 0.185 e. The lowest BCUT2D eigenvalue weighted by molar-refractivity contribution is 0.104. The molecule has 0 heterocycles. The number of methoxy groups -OCH3 is 1. The van der Waals surface area contributed by atoms with Crippen LogP contribution in [0, 0.1) is 11.6 Å². The van der Waals surface area contributed by atoms with E-state index in [0.717, 1.165) is 12.1 Å². The molecule has 102 valence electrons. The first-order valence-corrected chi connectivity index (χ1v) is 5.91. The van der Waals surface area contributed by atoms with Crippen LogP contribution in [0.2, 0.25) is 0 Å². The summed E-state index contributed by atoms with van der Waals surface area (Å²) in [5.74, 6) is -1.52. The quantitative estimate of drug-likeness (QED) is 0.625. The van der Waals surface area contributed by atoms with E-state index >= 15 is 0 Å². The van der Waals surface area contributed by atoms with Gasteiger partial charge in [0, 0.05) is 5.56 Å². The first kappa shape index (κ1) is 13.9. The number of benzene rings is 2. The van der Waals surface area contributed by atoms with Gasteiger partial charge in [-0.1, -0.05) is 24.3 Å². The van der Waals surface area contributed by atoms with Crippen molar-refractivity contribution >= 4 is 11.9 Å². The molecule has 2 nitrogen and oxygen atoms in total. The van der Waals surface area contributed by atoms with Gasteiger partial charge in [-0.2, -0.15) is 0 Å². The van der Waals surface area contributed by atoms with Crippen LogP contribution in [-0.2, 0) is 0 Å². The molecule has 0 atom stereocenters. The summed E-state index contributed by atoms with van der Waals surface area (Å²) in [4.78, 5) is 11.9. The molecule has 0 amide bonds. The van der Waals surface area contributed by atoms with Gasteiger partial charge in [-0.05, 0) is 35.9 Å². The molecule has 2 aromatic rings. The lowest BCUT2D eigenvalue weighted by atomic mass is 10.1. The molecule has 0 spiro atoms. The van der Waals surface area contributed by atoms with Gasteiger partial charge in [-0.15, -0.1) is 0 Å². The molecule has 2 rings (SSSR count). The van der Waals surface area contributed by atoms with Crippen molar-refractivity contribution in [2.75, 3.05) is 7.11 Å². The average molecular weight is 274 g/mol. The molecule has 0 unspecified atom stereocenters. The number of carbonyl (C=O) groups excluding carboxylic acids is 1. The van der Waals surface area contributed by atoms with Gasteiger partial charge in [0.15, 0.2) is 17.4 Å². The number of rotatable bonds is 4. The predicted molar refractivity (Wildman–Crippen MR) is 72.7 cm³/mol. The third-order valence-corrected chi connectivity index (χ3v) is 2.73. The van der Waals surface area contributed by atoms with Crippen LogP contribution in [0.4, 0.5) is 8.78 Å². The van der Waals surface area contributed by atoms with Crippen molar-refractivity contribution < 1.29 is 18.3 Å². The molecule has 0 aliphatic heterocycles. The monoisotopic (exact) mass is 274 g/mol. The zero-order valence-corrected chi connectivity index (χ0v) is 10.8. The highest BCUT2D eigenvalue weighted by Crippen LogP contribution is 2.14. The maximum atomic E-state index is 13.0. The van der Waals surface area contributed by atoms with Crippen LogP contribution in [0.25, 0.3) is 6.08 Å². The van der Waals surface area contributed by atoms with Crippen LogP contribution < -0.4 is 4.74 Å². The summed E-state index contributed by atoms with van der Waals surface area (Å²) < 4.78 is 30.8. The molecule has 4 heteroatoms. The number of carbonyl (C=O) groups is 1. The van der Waals surface area contributed by atoms with Gasteiger partial charge < -0.3 is 4.74 Å². The molecule has 0 fully saturated rings. The van der Waals surface area contributed by atoms with Gasteiger partial charge in [0.05, 0.1) is 7.11 Å². The van der Waals surface area contributed by atoms with E-state index in [0.29, 0.717) is 16.9 Å². The zero-order chi connectivity index (χ0) is 14.5. The summed E-state index contributed by atoms with van der Waals surface area (Å²) in [6.07, 6.45) is 2.74. The van der Waals surface area contributed by atoms with Crippen molar-refractivity contribution in [3.05, 3.63) is 71.3 Å². The molecule has 0 saturated heterocycles. The Kier molecular flexibility index (Phi) is 4.25. The predicted octanol–water partition coefficient (Wildman–Crippen LogP) is 3.87. The van der Waals surface area contributed by atoms with E-state index < -0.39 is 11.6 Å². The Morgan fingerprint density at radius 2 is 1.90 bits per heavy atom. The van der Waals surface area contributed by atoms with E-state index in [-0.39, 0.29) is 5.78 Å². The molecule has 0 N–H and O–H groups in total. The molecule has 0 radical (unpaired) electrons. The van der Waals surface area contributed by atoms with Gasteiger partial charge in [0.2, 0.25) is 0 Å². The second-order valence-electron chi connectivity index (χ2n) is 4.10. The lowest BCUT2D eigenvalue weighted by Gasteiger charge is -2.01. The van der Waals surface area contributed by atoms with E-state index in [1.165, 1.54) is 25.3 Å². The molecular formula is C16H12F2O2. The minimum absolute atomic E-state index is 0.242. The third kappa shape index (κ3) is 3.29. The Bertz CT molecular complexity index is 663. The lowest BCUT2D eigenvalue weighted by Crippen LogP contribution is -1.95. The van der Waals surface area contributed by atoms with Gasteiger partial charge in [0.1, 0.15) is 5.75 Å². The van der Waals surface area contributed by atoms with E-state index in [1.807, 2.05) is 0 Å². The van der Waals surface area contributed by atoms with Gasteiger partial charge in [0.25, 0.3) is 0 Å². The molecule has 0 aliphatic rings. The average Bonchev–Trinajstić information content (AvgIpc) is 2.48. The summed E-state index contributed by atoms with van der Waals surface area (Å²) in [6, 6.07) is 10.1. The van der Waals surface area contributed by atoms with Gasteiger partial charge in [-0.25, -0.2) is 8.78 Å². The Hall–Kier alpha value is -2.49. The summed E-state index contributed by atoms with van der Waals surface area (Å²) in [5.41, 5.74) is 0.878. The normalized spacial score (nSPS) is 10.8. The summed E-state index contributed by atoms with van der Waals surface area (Å²) in [5, 5.41) is 0. The maximum absolute atomic E-state index is 13.0. The number of ether oxygens (including phenoxy) is 1. The van der Waals surface area contributed by atoms with Crippen molar-refractivity contribution in [3.63, 3.8) is 0 Å². The molecule has 0 bridgehead atoms. The van der Waals surface area contributed by atoms with Crippen molar-refractivity contribution in [1.29, 1.82) is 0 Å². The molecular weight excluding hydrogens is 262 g/mol. The van der Waals surface area contributed by atoms with Crippen molar-refractivity contribution in [2.45, 2.75) is 0 Å². The van der Waals surface area contributed by atoms with Crippen LogP contribution in [0.15, 0.2) is 48.5 Å². The Morgan fingerprint density at radius 3 is 2.60 bits per heavy atom. The minimum atomic E-state index is -0.944. The number of ketones is 1. The second kappa shape index (κ2) is 6.10. The second-order valence-corrected chi connectivity index (χ2v) is 4.10. The molecule has 0 saturated carbocycles. The van der Waals surface area contributed by atoms with Crippen molar-refractivity contribution in [1.82, 2.24) is 0 Å². The van der Waals surface area contributed by atoms with Crippen LogP contribution >= 0.6 is 0 Å². The van der Waals surface area contributed by atoms with Gasteiger partial charge in [-0.3, -0.25) is 4.79 Å². The summed E-state index contributed by atoms with van der Waals surface area (Å²) in [7, 11) is 1.51. The largest absolute Gasteiger partial charge is 0.497 e. The molecule has 0 aromatic heterocycles. The fourth-order valence-corrected chi connectivity index (χ4v) is 1.66. The molecule has 20 heavy (non-hydrogen) atoms. The van der Waals surface area contributed by atoms with Crippen LogP contribution in [0.5, 0.6) is 5.75 Å². The SMILES string of the molecule is COc1cccc(C(=O)/C=C/c2ccc(F)c(F)c2)c1. The number of hydrogen-bond acceptors (Lipinski definition) is 2. The fraction of sp³-hybridized carbons (Fsp3) is 0.0625. The third-order valence-electron chi connectivity index (χ3n) is 2.73. The first-order valence-electron chi connectivity index (χ1n) is 5.91. The Balaban J connectivity index is 2.17. The van der Waals surface area contributed by atoms with E-state index in [9.17, 15) is 13.6 Å². The highest BCUT2D eigenvalue weighted by Gasteiger charge is 2.04. The van der Waals surface area contributed by atoms with Crippen molar-refractivity contribution in [3.8, 4) is 5.75 Å². The minimum Gasteiger partial charge on any atom is -0.497 e. The topological polar surface area (TPSA) is 26.3 Å². The maximum Gasteiger partial charge on any atom is 0.185 e. The molecule has 0 aliphatic carbocycles.